The summed E-state index contributed by atoms with van der Waals surface area (Å²) in [7, 11) is 1.59. The van der Waals surface area contributed by atoms with Crippen LogP contribution in [0.15, 0.2) is 82.0 Å². The number of esters is 1. The molecule has 0 fully saturated rings. The third-order valence-corrected chi connectivity index (χ3v) is 5.87. The number of aromatic nitrogens is 3. The fourth-order valence-electron chi connectivity index (χ4n) is 4.00. The number of carbonyl (C=O) groups excluding carboxylic acids is 1. The molecule has 3 aromatic heterocycles. The van der Waals surface area contributed by atoms with Gasteiger partial charge in [-0.2, -0.15) is 5.10 Å². The Hall–Kier alpha value is -4.79. The van der Waals surface area contributed by atoms with Crippen molar-refractivity contribution in [2.45, 2.75) is 27.0 Å². The van der Waals surface area contributed by atoms with Crippen LogP contribution in [0, 0.1) is 6.92 Å². The van der Waals surface area contributed by atoms with Crippen molar-refractivity contribution in [3.05, 3.63) is 95.7 Å². The average Bonchev–Trinajstić information content (AvgIpc) is 3.69. The number of ether oxygens (including phenoxy) is 3. The molecule has 5 aromatic rings. The number of hydrogen-bond acceptors (Lipinski definition) is 8. The summed E-state index contributed by atoms with van der Waals surface area (Å²) in [6, 6.07) is 18.8. The molecule has 38 heavy (non-hydrogen) atoms. The zero-order chi connectivity index (χ0) is 26.5. The third kappa shape index (κ3) is 5.31. The highest BCUT2D eigenvalue weighted by Gasteiger charge is 2.20. The van der Waals surface area contributed by atoms with Gasteiger partial charge in [-0.15, -0.1) is 0 Å². The van der Waals surface area contributed by atoms with Crippen LogP contribution < -0.4 is 9.47 Å². The molecule has 0 saturated heterocycles. The van der Waals surface area contributed by atoms with E-state index in [1.54, 1.807) is 43.3 Å². The van der Waals surface area contributed by atoms with E-state index in [1.165, 1.54) is 0 Å². The lowest BCUT2D eigenvalue weighted by Crippen LogP contribution is -2.05. The summed E-state index contributed by atoms with van der Waals surface area (Å²) in [4.78, 5) is 17.1. The molecule has 0 atom stereocenters. The van der Waals surface area contributed by atoms with Crippen molar-refractivity contribution in [3.8, 4) is 34.4 Å². The van der Waals surface area contributed by atoms with Crippen LogP contribution in [0.2, 0.25) is 0 Å². The maximum absolute atomic E-state index is 12.6. The van der Waals surface area contributed by atoms with Crippen LogP contribution in [-0.2, 0) is 17.9 Å². The predicted octanol–water partition coefficient (Wildman–Crippen LogP) is 5.92. The van der Waals surface area contributed by atoms with E-state index in [9.17, 15) is 4.79 Å². The smallest absolute Gasteiger partial charge is 0.341 e. The molecule has 0 spiro atoms. The molecule has 5 rings (SSSR count). The molecule has 0 unspecified atom stereocenters. The second-order valence-corrected chi connectivity index (χ2v) is 8.45. The molecule has 0 saturated carbocycles. The van der Waals surface area contributed by atoms with Gasteiger partial charge in [-0.05, 0) is 43.7 Å². The molecule has 0 bridgehead atoms. The Morgan fingerprint density at radius 3 is 2.63 bits per heavy atom. The van der Waals surface area contributed by atoms with Gasteiger partial charge < -0.3 is 23.0 Å². The molecule has 0 aliphatic heterocycles. The fraction of sp³-hybridized carbons (Fsp3) is 0.207. The van der Waals surface area contributed by atoms with Gasteiger partial charge >= 0.3 is 5.97 Å². The topological polar surface area (TPSA) is 102 Å². The number of nitrogens with zero attached hydrogens (tertiary/aromatic N) is 3. The van der Waals surface area contributed by atoms with E-state index in [2.05, 4.69) is 10.1 Å². The van der Waals surface area contributed by atoms with Crippen LogP contribution >= 0.6 is 0 Å². The van der Waals surface area contributed by atoms with Crippen molar-refractivity contribution in [1.82, 2.24) is 14.8 Å². The van der Waals surface area contributed by atoms with Crippen molar-refractivity contribution in [2.24, 2.45) is 0 Å². The Morgan fingerprint density at radius 2 is 1.89 bits per heavy atom. The van der Waals surface area contributed by atoms with Crippen LogP contribution in [0.1, 0.15) is 34.3 Å². The van der Waals surface area contributed by atoms with E-state index in [-0.39, 0.29) is 13.2 Å². The van der Waals surface area contributed by atoms with Gasteiger partial charge in [-0.1, -0.05) is 36.4 Å². The number of furan rings is 1. The Labute approximate surface area is 219 Å². The quantitative estimate of drug-likeness (QED) is 0.212. The van der Waals surface area contributed by atoms with Gasteiger partial charge in [0.25, 0.3) is 5.89 Å². The molecule has 0 aliphatic rings. The third-order valence-electron chi connectivity index (χ3n) is 5.87. The number of benzene rings is 2. The van der Waals surface area contributed by atoms with E-state index >= 15 is 0 Å². The number of hydrogen-bond donors (Lipinski definition) is 0. The number of aryl methyl sites for hydroxylation is 1. The summed E-state index contributed by atoms with van der Waals surface area (Å²) >= 11 is 0. The van der Waals surface area contributed by atoms with Crippen LogP contribution in [0.3, 0.4) is 0 Å². The first-order valence-electron chi connectivity index (χ1n) is 12.2. The predicted molar refractivity (Wildman–Crippen MR) is 139 cm³/mol. The monoisotopic (exact) mass is 513 g/mol. The fourth-order valence-corrected chi connectivity index (χ4v) is 4.00. The molecule has 0 aliphatic carbocycles. The first kappa shape index (κ1) is 24.9. The van der Waals surface area contributed by atoms with Crippen LogP contribution in [0.4, 0.5) is 0 Å². The molecule has 9 nitrogen and oxygen atoms in total. The second kappa shape index (κ2) is 11.1. The lowest BCUT2D eigenvalue weighted by atomic mass is 10.1. The zero-order valence-corrected chi connectivity index (χ0v) is 21.3. The Kier molecular flexibility index (Phi) is 7.26. The van der Waals surface area contributed by atoms with Gasteiger partial charge in [0.15, 0.2) is 17.3 Å². The van der Waals surface area contributed by atoms with Crippen LogP contribution in [0.5, 0.6) is 11.5 Å². The number of rotatable bonds is 10. The van der Waals surface area contributed by atoms with Gasteiger partial charge in [0.1, 0.15) is 29.3 Å². The summed E-state index contributed by atoms with van der Waals surface area (Å²) in [6.07, 6.45) is 3.28. The molecule has 0 N–H and O–H groups in total. The SMILES string of the molecule is CCOC(=O)c1cn(Cc2ccc(OCc3nc(-c4ccco4)oc3C)c(OC)c2)nc1-c1ccccc1. The van der Waals surface area contributed by atoms with Crippen LogP contribution in [0.25, 0.3) is 22.9 Å². The first-order valence-corrected chi connectivity index (χ1v) is 12.2. The van der Waals surface area contributed by atoms with Gasteiger partial charge in [0, 0.05) is 11.8 Å². The Balaban J connectivity index is 1.34. The molecular weight excluding hydrogens is 486 g/mol. The normalized spacial score (nSPS) is 10.9. The summed E-state index contributed by atoms with van der Waals surface area (Å²) in [5.74, 6) is 2.34. The number of oxazole rings is 1. The Bertz CT molecular complexity index is 1520. The van der Waals surface area contributed by atoms with Crippen LogP contribution in [-0.4, -0.2) is 34.5 Å². The molecular formula is C29H27N3O6. The lowest BCUT2D eigenvalue weighted by Gasteiger charge is -2.12. The second-order valence-electron chi connectivity index (χ2n) is 8.45. The van der Waals surface area contributed by atoms with Crippen molar-refractivity contribution in [1.29, 1.82) is 0 Å². The van der Waals surface area contributed by atoms with E-state index in [1.807, 2.05) is 55.5 Å². The number of methoxy groups -OCH3 is 1. The van der Waals surface area contributed by atoms with Gasteiger partial charge in [0.05, 0.1) is 26.5 Å². The maximum atomic E-state index is 12.6. The summed E-state index contributed by atoms with van der Waals surface area (Å²) in [5, 5.41) is 4.68. The van der Waals surface area contributed by atoms with Crippen molar-refractivity contribution in [3.63, 3.8) is 0 Å². The minimum Gasteiger partial charge on any atom is -0.493 e. The maximum Gasteiger partial charge on any atom is 0.341 e. The van der Waals surface area contributed by atoms with Gasteiger partial charge in [-0.3, -0.25) is 4.68 Å². The molecule has 0 amide bonds. The molecule has 2 aromatic carbocycles. The zero-order valence-electron chi connectivity index (χ0n) is 21.3. The van der Waals surface area contributed by atoms with Crippen molar-refractivity contribution >= 4 is 5.97 Å². The van der Waals surface area contributed by atoms with Gasteiger partial charge in [-0.25, -0.2) is 9.78 Å². The minimum atomic E-state index is -0.405. The highest BCUT2D eigenvalue weighted by atomic mass is 16.5. The molecule has 3 heterocycles. The van der Waals surface area contributed by atoms with E-state index in [4.69, 9.17) is 23.0 Å². The van der Waals surface area contributed by atoms with E-state index in [0.717, 1.165) is 11.1 Å². The standard InChI is InChI=1S/C29H27N3O6/c1-4-35-29(33)22-17-32(31-27(22)21-9-6-5-7-10-21)16-20-12-13-24(26(15-20)34-3)37-18-23-19(2)38-28(30-23)25-11-8-14-36-25/h5-15,17H,4,16,18H2,1-3H3. The first-order chi connectivity index (χ1) is 18.6. The molecule has 194 valence electrons. The highest BCUT2D eigenvalue weighted by Crippen LogP contribution is 2.31. The number of carbonyl (C=O) groups is 1. The lowest BCUT2D eigenvalue weighted by molar-refractivity contribution is 0.0527. The highest BCUT2D eigenvalue weighted by molar-refractivity contribution is 5.96. The average molecular weight is 514 g/mol. The summed E-state index contributed by atoms with van der Waals surface area (Å²) < 4.78 is 29.6. The molecule has 0 radical (unpaired) electrons. The molecule has 9 heteroatoms. The van der Waals surface area contributed by atoms with E-state index in [0.29, 0.717) is 52.4 Å². The summed E-state index contributed by atoms with van der Waals surface area (Å²) in [6.45, 7) is 4.52. The van der Waals surface area contributed by atoms with Crippen molar-refractivity contribution in [2.75, 3.05) is 13.7 Å². The largest absolute Gasteiger partial charge is 0.493 e. The Morgan fingerprint density at radius 1 is 1.05 bits per heavy atom. The minimum absolute atomic E-state index is 0.203. The van der Waals surface area contributed by atoms with E-state index < -0.39 is 5.97 Å². The van der Waals surface area contributed by atoms with Gasteiger partial charge in [0.2, 0.25) is 0 Å². The van der Waals surface area contributed by atoms with Crippen molar-refractivity contribution < 1.29 is 27.8 Å². The summed E-state index contributed by atoms with van der Waals surface area (Å²) in [5.41, 5.74) is 3.42.